The Bertz CT molecular complexity index is 542. The minimum Gasteiger partial charge on any atom is -0.0996 e. The molecule has 0 saturated heterocycles. The molecule has 4 aliphatic carbocycles. The molecule has 0 bridgehead atoms. The quantitative estimate of drug-likeness (QED) is 0.472. The number of hydrogen-bond acceptors (Lipinski definition) is 0. The molecule has 4 fully saturated rings. The average molecular weight is 327 g/mol. The van der Waals surface area contributed by atoms with Gasteiger partial charge in [0.15, 0.2) is 0 Å². The van der Waals surface area contributed by atoms with Crippen LogP contribution in [0.5, 0.6) is 0 Å². The highest BCUT2D eigenvalue weighted by atomic mass is 14.6. The van der Waals surface area contributed by atoms with Gasteiger partial charge in [-0.1, -0.05) is 57.9 Å². The molecule has 4 saturated carbocycles. The number of fused-ring (bicyclic) bond motifs is 5. The Morgan fingerprint density at radius 3 is 2.58 bits per heavy atom. The van der Waals surface area contributed by atoms with Crippen molar-refractivity contribution in [3.8, 4) is 0 Å². The van der Waals surface area contributed by atoms with E-state index in [0.717, 1.165) is 36.0 Å². The van der Waals surface area contributed by atoms with Crippen LogP contribution in [0.3, 0.4) is 0 Å². The molecule has 0 heterocycles. The van der Waals surface area contributed by atoms with Crippen molar-refractivity contribution in [2.24, 2.45) is 40.4 Å². The van der Waals surface area contributed by atoms with E-state index >= 15 is 0 Å². The van der Waals surface area contributed by atoms with Crippen molar-refractivity contribution in [3.63, 3.8) is 0 Å². The van der Waals surface area contributed by atoms with E-state index in [-0.39, 0.29) is 0 Å². The van der Waals surface area contributed by atoms with Crippen LogP contribution in [0.25, 0.3) is 0 Å². The predicted octanol–water partition coefficient (Wildman–Crippen LogP) is 7.17. The molecule has 0 N–H and O–H groups in total. The molecule has 24 heavy (non-hydrogen) atoms. The molecule has 0 heteroatoms. The van der Waals surface area contributed by atoms with Gasteiger partial charge in [-0.3, -0.25) is 0 Å². The van der Waals surface area contributed by atoms with Crippen LogP contribution in [0, 0.1) is 40.4 Å². The minimum absolute atomic E-state index is 0.462. The summed E-state index contributed by atoms with van der Waals surface area (Å²) in [6.45, 7) is 16.8. The lowest BCUT2D eigenvalue weighted by atomic mass is 9.43. The summed E-state index contributed by atoms with van der Waals surface area (Å²) >= 11 is 0. The van der Waals surface area contributed by atoms with Gasteiger partial charge in [0.2, 0.25) is 0 Å². The highest BCUT2D eigenvalue weighted by molar-refractivity contribution is 5.25. The molecule has 0 amide bonds. The molecule has 0 aliphatic heterocycles. The second kappa shape index (κ2) is 5.75. The summed E-state index contributed by atoms with van der Waals surface area (Å²) in [5.41, 5.74) is 4.18. The van der Waals surface area contributed by atoms with E-state index in [1.807, 2.05) is 0 Å². The van der Waals surface area contributed by atoms with Gasteiger partial charge in [-0.2, -0.15) is 0 Å². The molecular formula is C24H38. The highest BCUT2D eigenvalue weighted by Gasteiger charge is 2.60. The van der Waals surface area contributed by atoms with Gasteiger partial charge in [-0.15, -0.1) is 0 Å². The van der Waals surface area contributed by atoms with Crippen LogP contribution in [0.15, 0.2) is 24.3 Å². The molecule has 0 aromatic rings. The van der Waals surface area contributed by atoms with E-state index in [1.165, 1.54) is 63.4 Å². The second-order valence-electron chi connectivity index (χ2n) is 10.3. The molecule has 4 rings (SSSR count). The molecule has 134 valence electrons. The third-order valence-electron chi connectivity index (χ3n) is 9.36. The number of rotatable bonds is 2. The van der Waals surface area contributed by atoms with Crippen molar-refractivity contribution in [1.29, 1.82) is 0 Å². The van der Waals surface area contributed by atoms with Crippen molar-refractivity contribution in [2.45, 2.75) is 85.0 Å². The minimum atomic E-state index is 0.462. The van der Waals surface area contributed by atoms with Gasteiger partial charge in [0.1, 0.15) is 0 Å². The standard InChI is InChI=1S/C24H38/c1-6-16(2)20-12-13-21-19-11-10-18-9-7-8-14-23(18,4)22(19)17(3)15-24(20,21)5/h18-22H,2-3,6-15H2,1,4-5H3. The van der Waals surface area contributed by atoms with Crippen LogP contribution in [0.1, 0.15) is 85.0 Å². The molecule has 0 aromatic carbocycles. The zero-order valence-corrected chi connectivity index (χ0v) is 16.4. The molecule has 0 spiro atoms. The third-order valence-corrected chi connectivity index (χ3v) is 9.36. The normalized spacial score (nSPS) is 50.8. The van der Waals surface area contributed by atoms with Crippen LogP contribution in [-0.4, -0.2) is 0 Å². The Balaban J connectivity index is 1.68. The zero-order valence-electron chi connectivity index (χ0n) is 16.4. The highest BCUT2D eigenvalue weighted by Crippen LogP contribution is 2.69. The first-order valence-corrected chi connectivity index (χ1v) is 10.8. The van der Waals surface area contributed by atoms with Crippen LogP contribution in [0.4, 0.5) is 0 Å². The molecule has 0 aromatic heterocycles. The van der Waals surface area contributed by atoms with Crippen LogP contribution in [-0.2, 0) is 0 Å². The zero-order chi connectivity index (χ0) is 17.1. The van der Waals surface area contributed by atoms with E-state index in [4.69, 9.17) is 6.58 Å². The van der Waals surface area contributed by atoms with Gasteiger partial charge in [0.05, 0.1) is 0 Å². The topological polar surface area (TPSA) is 0 Å². The van der Waals surface area contributed by atoms with E-state index in [0.29, 0.717) is 10.8 Å². The van der Waals surface area contributed by atoms with Crippen LogP contribution < -0.4 is 0 Å². The fraction of sp³-hybridized carbons (Fsp3) is 0.833. The van der Waals surface area contributed by atoms with E-state index in [9.17, 15) is 0 Å². The largest absolute Gasteiger partial charge is 0.0996 e. The molecule has 0 nitrogen and oxygen atoms in total. The molecule has 7 unspecified atom stereocenters. The van der Waals surface area contributed by atoms with Gasteiger partial charge < -0.3 is 0 Å². The maximum absolute atomic E-state index is 4.73. The first kappa shape index (κ1) is 16.9. The van der Waals surface area contributed by atoms with Gasteiger partial charge >= 0.3 is 0 Å². The van der Waals surface area contributed by atoms with Crippen molar-refractivity contribution < 1.29 is 0 Å². The molecular weight excluding hydrogens is 288 g/mol. The Labute approximate surface area is 150 Å². The summed E-state index contributed by atoms with van der Waals surface area (Å²) in [4.78, 5) is 0. The lowest BCUT2D eigenvalue weighted by molar-refractivity contribution is -0.0783. The predicted molar refractivity (Wildman–Crippen MR) is 104 cm³/mol. The van der Waals surface area contributed by atoms with Gasteiger partial charge in [-0.05, 0) is 91.8 Å². The van der Waals surface area contributed by atoms with Gasteiger partial charge in [0, 0.05) is 0 Å². The molecule has 4 aliphatic rings. The summed E-state index contributed by atoms with van der Waals surface area (Å²) in [5.74, 6) is 4.41. The Kier molecular flexibility index (Phi) is 4.05. The van der Waals surface area contributed by atoms with E-state index in [2.05, 4.69) is 27.4 Å². The van der Waals surface area contributed by atoms with Crippen molar-refractivity contribution in [3.05, 3.63) is 24.3 Å². The summed E-state index contributed by atoms with van der Waals surface area (Å²) in [6, 6.07) is 0. The summed E-state index contributed by atoms with van der Waals surface area (Å²) in [6.07, 6.45) is 14.2. The summed E-state index contributed by atoms with van der Waals surface area (Å²) in [7, 11) is 0. The van der Waals surface area contributed by atoms with Crippen LogP contribution >= 0.6 is 0 Å². The molecule has 7 atom stereocenters. The fourth-order valence-electron chi connectivity index (χ4n) is 8.30. The first-order chi connectivity index (χ1) is 11.4. The third kappa shape index (κ3) is 2.17. The lowest BCUT2D eigenvalue weighted by Crippen LogP contribution is -2.53. The Morgan fingerprint density at radius 2 is 1.83 bits per heavy atom. The second-order valence-corrected chi connectivity index (χ2v) is 10.3. The smallest absolute Gasteiger partial charge is 0.0118 e. The monoisotopic (exact) mass is 326 g/mol. The average Bonchev–Trinajstić information content (AvgIpc) is 2.89. The lowest BCUT2D eigenvalue weighted by Gasteiger charge is -2.61. The summed E-state index contributed by atoms with van der Waals surface area (Å²) < 4.78 is 0. The fourth-order valence-corrected chi connectivity index (χ4v) is 8.30. The van der Waals surface area contributed by atoms with Crippen molar-refractivity contribution in [1.82, 2.24) is 0 Å². The molecule has 0 radical (unpaired) electrons. The van der Waals surface area contributed by atoms with Crippen LogP contribution in [0.2, 0.25) is 0 Å². The maximum atomic E-state index is 4.73. The van der Waals surface area contributed by atoms with Gasteiger partial charge in [0.25, 0.3) is 0 Å². The van der Waals surface area contributed by atoms with E-state index in [1.54, 1.807) is 5.57 Å². The summed E-state index contributed by atoms with van der Waals surface area (Å²) in [5, 5.41) is 0. The SMILES string of the molecule is C=C(CC)C1CCC2C3CCC4CCCCC4(C)C3C(=C)CC12C. The Hall–Kier alpha value is -0.520. The first-order valence-electron chi connectivity index (χ1n) is 10.8. The van der Waals surface area contributed by atoms with Crippen molar-refractivity contribution in [2.75, 3.05) is 0 Å². The van der Waals surface area contributed by atoms with E-state index < -0.39 is 0 Å². The number of allylic oxidation sites excluding steroid dienone is 2. The van der Waals surface area contributed by atoms with Crippen molar-refractivity contribution >= 4 is 0 Å². The maximum Gasteiger partial charge on any atom is -0.0118 e. The number of hydrogen-bond donors (Lipinski definition) is 0. The Morgan fingerprint density at radius 1 is 1.04 bits per heavy atom. The van der Waals surface area contributed by atoms with Gasteiger partial charge in [-0.25, -0.2) is 0 Å².